The zero-order valence-corrected chi connectivity index (χ0v) is 14.7. The van der Waals surface area contributed by atoms with E-state index in [0.29, 0.717) is 5.92 Å². The molecule has 2 atom stereocenters. The average molecular weight is 317 g/mol. The number of carbonyl (C=O) groups excluding carboxylic acids is 1. The summed E-state index contributed by atoms with van der Waals surface area (Å²) < 4.78 is 0. The maximum Gasteiger partial charge on any atom is 0.226 e. The van der Waals surface area contributed by atoms with E-state index >= 15 is 0 Å². The first-order chi connectivity index (χ1) is 11.0. The third-order valence-corrected chi connectivity index (χ3v) is 4.97. The lowest BCUT2D eigenvalue weighted by molar-refractivity contribution is -0.137. The molecule has 1 aromatic rings. The van der Waals surface area contributed by atoms with Gasteiger partial charge in [-0.2, -0.15) is 0 Å². The van der Waals surface area contributed by atoms with Gasteiger partial charge in [0, 0.05) is 32.2 Å². The maximum atomic E-state index is 12.3. The first-order valence-corrected chi connectivity index (χ1v) is 8.74. The minimum atomic E-state index is -0.0766. The molecule has 0 spiro atoms. The lowest BCUT2D eigenvalue weighted by atomic mass is 9.94. The Morgan fingerprint density at radius 2 is 1.87 bits per heavy atom. The van der Waals surface area contributed by atoms with E-state index in [9.17, 15) is 4.79 Å². The van der Waals surface area contributed by atoms with Gasteiger partial charge in [0.2, 0.25) is 5.91 Å². The van der Waals surface area contributed by atoms with E-state index in [1.54, 1.807) is 0 Å². The molecule has 4 nitrogen and oxygen atoms in total. The van der Waals surface area contributed by atoms with Gasteiger partial charge in [-0.15, -0.1) is 0 Å². The van der Waals surface area contributed by atoms with Gasteiger partial charge < -0.3 is 15.5 Å². The Morgan fingerprint density at radius 3 is 2.43 bits per heavy atom. The van der Waals surface area contributed by atoms with Crippen molar-refractivity contribution in [2.45, 2.75) is 39.3 Å². The molecule has 0 radical (unpaired) electrons. The van der Waals surface area contributed by atoms with Gasteiger partial charge in [0.15, 0.2) is 0 Å². The van der Waals surface area contributed by atoms with Crippen molar-refractivity contribution in [1.82, 2.24) is 9.80 Å². The molecule has 1 fully saturated rings. The minimum absolute atomic E-state index is 0.0720. The van der Waals surface area contributed by atoms with E-state index in [1.165, 1.54) is 5.56 Å². The molecule has 1 amide bonds. The molecular weight excluding hydrogens is 286 g/mol. The highest BCUT2D eigenvalue weighted by Crippen LogP contribution is 2.20. The predicted octanol–water partition coefficient (Wildman–Crippen LogP) is 2.34. The number of benzene rings is 1. The van der Waals surface area contributed by atoms with E-state index in [0.717, 1.165) is 39.0 Å². The molecule has 0 aliphatic carbocycles. The Morgan fingerprint density at radius 1 is 1.26 bits per heavy atom. The highest BCUT2D eigenvalue weighted by Gasteiger charge is 2.27. The second kappa shape index (κ2) is 8.46. The van der Waals surface area contributed by atoms with Crippen LogP contribution in [-0.2, 0) is 11.3 Å². The fourth-order valence-electron chi connectivity index (χ4n) is 3.25. The summed E-state index contributed by atoms with van der Waals surface area (Å²) >= 11 is 0. The molecule has 2 rings (SSSR count). The van der Waals surface area contributed by atoms with Crippen LogP contribution >= 0.6 is 0 Å². The number of hydrogen-bond acceptors (Lipinski definition) is 3. The van der Waals surface area contributed by atoms with Crippen molar-refractivity contribution in [3.05, 3.63) is 35.9 Å². The third kappa shape index (κ3) is 5.33. The SMILES string of the molecule is CC(N)C(C)C(=O)N1CCC(CN(C)Cc2ccccc2)CC1. The van der Waals surface area contributed by atoms with Gasteiger partial charge in [-0.3, -0.25) is 4.79 Å². The van der Waals surface area contributed by atoms with Crippen molar-refractivity contribution < 1.29 is 4.79 Å². The minimum Gasteiger partial charge on any atom is -0.342 e. The van der Waals surface area contributed by atoms with Crippen LogP contribution in [0.5, 0.6) is 0 Å². The summed E-state index contributed by atoms with van der Waals surface area (Å²) in [4.78, 5) is 16.7. The number of nitrogens with zero attached hydrogens (tertiary/aromatic N) is 2. The second-order valence-electron chi connectivity index (χ2n) is 7.10. The molecular formula is C19H31N3O. The van der Waals surface area contributed by atoms with E-state index in [4.69, 9.17) is 5.73 Å². The first kappa shape index (κ1) is 18.0. The van der Waals surface area contributed by atoms with Crippen LogP contribution in [-0.4, -0.2) is 48.4 Å². The van der Waals surface area contributed by atoms with Gasteiger partial charge >= 0.3 is 0 Å². The molecule has 1 saturated heterocycles. The summed E-state index contributed by atoms with van der Waals surface area (Å²) in [6, 6.07) is 10.5. The Hall–Kier alpha value is -1.39. The van der Waals surface area contributed by atoms with Crippen molar-refractivity contribution >= 4 is 5.91 Å². The van der Waals surface area contributed by atoms with Gasteiger partial charge in [-0.05, 0) is 38.3 Å². The third-order valence-electron chi connectivity index (χ3n) is 4.97. The Balaban J connectivity index is 1.75. The van der Waals surface area contributed by atoms with Crippen molar-refractivity contribution in [1.29, 1.82) is 0 Å². The molecule has 1 heterocycles. The van der Waals surface area contributed by atoms with E-state index < -0.39 is 0 Å². The predicted molar refractivity (Wildman–Crippen MR) is 94.9 cm³/mol. The first-order valence-electron chi connectivity index (χ1n) is 8.74. The lowest BCUT2D eigenvalue weighted by Crippen LogP contribution is -2.46. The molecule has 4 heteroatoms. The summed E-state index contributed by atoms with van der Waals surface area (Å²) in [6.07, 6.45) is 2.19. The highest BCUT2D eigenvalue weighted by molar-refractivity contribution is 5.79. The number of carbonyl (C=O) groups is 1. The standard InChI is InChI=1S/C19H31N3O/c1-15(16(2)20)19(23)22-11-9-18(10-12-22)14-21(3)13-17-7-5-4-6-8-17/h4-8,15-16,18H,9-14,20H2,1-3H3. The second-order valence-corrected chi connectivity index (χ2v) is 7.10. The smallest absolute Gasteiger partial charge is 0.226 e. The lowest BCUT2D eigenvalue weighted by Gasteiger charge is -2.35. The molecule has 2 N–H and O–H groups in total. The van der Waals surface area contributed by atoms with E-state index in [2.05, 4.69) is 42.3 Å². The van der Waals surface area contributed by atoms with E-state index in [-0.39, 0.29) is 17.9 Å². The fraction of sp³-hybridized carbons (Fsp3) is 0.632. The van der Waals surface area contributed by atoms with Crippen LogP contribution in [0.2, 0.25) is 0 Å². The summed E-state index contributed by atoms with van der Waals surface area (Å²) in [7, 11) is 2.18. The topological polar surface area (TPSA) is 49.6 Å². The molecule has 128 valence electrons. The summed E-state index contributed by atoms with van der Waals surface area (Å²) in [5, 5.41) is 0. The molecule has 1 aliphatic heterocycles. The van der Waals surface area contributed by atoms with Crippen LogP contribution in [0.4, 0.5) is 0 Å². The number of hydrogen-bond donors (Lipinski definition) is 1. The van der Waals surface area contributed by atoms with Crippen LogP contribution in [0.15, 0.2) is 30.3 Å². The highest BCUT2D eigenvalue weighted by atomic mass is 16.2. The normalized spacial score (nSPS) is 18.9. The molecule has 0 saturated carbocycles. The van der Waals surface area contributed by atoms with Crippen LogP contribution < -0.4 is 5.73 Å². The number of likely N-dealkylation sites (tertiary alicyclic amines) is 1. The molecule has 1 aliphatic rings. The molecule has 0 aromatic heterocycles. The van der Waals surface area contributed by atoms with Crippen LogP contribution in [0, 0.1) is 11.8 Å². The quantitative estimate of drug-likeness (QED) is 0.876. The van der Waals surface area contributed by atoms with Crippen molar-refractivity contribution in [3.8, 4) is 0 Å². The van der Waals surface area contributed by atoms with Gasteiger partial charge in [0.25, 0.3) is 0 Å². The Kier molecular flexibility index (Phi) is 6.60. The zero-order chi connectivity index (χ0) is 16.8. The monoisotopic (exact) mass is 317 g/mol. The summed E-state index contributed by atoms with van der Waals surface area (Å²) in [5.74, 6) is 0.821. The Labute approximate surface area is 140 Å². The number of rotatable bonds is 6. The average Bonchev–Trinajstić information content (AvgIpc) is 2.55. The zero-order valence-electron chi connectivity index (χ0n) is 14.7. The van der Waals surface area contributed by atoms with Crippen molar-refractivity contribution in [2.24, 2.45) is 17.6 Å². The summed E-state index contributed by atoms with van der Waals surface area (Å²) in [6.45, 7) is 7.68. The van der Waals surface area contributed by atoms with Gasteiger partial charge in [-0.25, -0.2) is 0 Å². The molecule has 2 unspecified atom stereocenters. The van der Waals surface area contributed by atoms with Crippen LogP contribution in [0.3, 0.4) is 0 Å². The van der Waals surface area contributed by atoms with Crippen molar-refractivity contribution in [3.63, 3.8) is 0 Å². The van der Waals surface area contributed by atoms with Crippen LogP contribution in [0.1, 0.15) is 32.3 Å². The van der Waals surface area contributed by atoms with Crippen molar-refractivity contribution in [2.75, 3.05) is 26.7 Å². The number of nitrogens with two attached hydrogens (primary N) is 1. The van der Waals surface area contributed by atoms with Gasteiger partial charge in [0.1, 0.15) is 0 Å². The summed E-state index contributed by atoms with van der Waals surface area (Å²) in [5.41, 5.74) is 7.21. The molecule has 0 bridgehead atoms. The molecule has 23 heavy (non-hydrogen) atoms. The Bertz CT molecular complexity index is 481. The van der Waals surface area contributed by atoms with Gasteiger partial charge in [-0.1, -0.05) is 37.3 Å². The van der Waals surface area contributed by atoms with Gasteiger partial charge in [0.05, 0.1) is 5.92 Å². The van der Waals surface area contributed by atoms with Crippen LogP contribution in [0.25, 0.3) is 0 Å². The van der Waals surface area contributed by atoms with E-state index in [1.807, 2.05) is 18.7 Å². The molecule has 1 aromatic carbocycles. The fourth-order valence-corrected chi connectivity index (χ4v) is 3.25. The maximum absolute atomic E-state index is 12.3. The largest absolute Gasteiger partial charge is 0.342 e. The number of amides is 1. The number of piperidine rings is 1.